The lowest BCUT2D eigenvalue weighted by Gasteiger charge is -2.13. The number of carbonyl (C=O) groups excluding carboxylic acids is 1. The van der Waals surface area contributed by atoms with Gasteiger partial charge < -0.3 is 15.4 Å². The van der Waals surface area contributed by atoms with Crippen molar-refractivity contribution in [1.82, 2.24) is 24.5 Å². The topological polar surface area (TPSA) is 98.9 Å². The fraction of sp³-hybridized carbons (Fsp3) is 0.280. The lowest BCUT2D eigenvalue weighted by molar-refractivity contribution is 0.262. The second-order valence-electron chi connectivity index (χ2n) is 8.73. The number of hydrogen-bond donors (Lipinski definition) is 2. The van der Waals surface area contributed by atoms with E-state index < -0.39 is 17.7 Å². The number of nitrogens with zero attached hydrogens (tertiary/aromatic N) is 5. The molecule has 0 spiro atoms. The second-order valence-corrected chi connectivity index (χ2v) is 8.73. The third kappa shape index (κ3) is 4.77. The van der Waals surface area contributed by atoms with Crippen molar-refractivity contribution in [3.05, 3.63) is 66.4 Å². The van der Waals surface area contributed by atoms with Crippen molar-refractivity contribution in [3.63, 3.8) is 0 Å². The van der Waals surface area contributed by atoms with E-state index in [1.165, 1.54) is 24.4 Å². The van der Waals surface area contributed by atoms with Crippen LogP contribution in [0.25, 0.3) is 11.3 Å². The highest BCUT2D eigenvalue weighted by Crippen LogP contribution is 2.33. The van der Waals surface area contributed by atoms with Crippen molar-refractivity contribution in [2.24, 2.45) is 7.05 Å². The van der Waals surface area contributed by atoms with Gasteiger partial charge in [-0.05, 0) is 38.0 Å². The number of rotatable bonds is 6. The average molecular weight is 494 g/mol. The first-order chi connectivity index (χ1) is 17.4. The normalized spacial score (nSPS) is 13.7. The van der Waals surface area contributed by atoms with Crippen LogP contribution < -0.4 is 15.4 Å². The fourth-order valence-corrected chi connectivity index (χ4v) is 4.36. The lowest BCUT2D eigenvalue weighted by atomic mass is 10.2. The Balaban J connectivity index is 1.27. The summed E-state index contributed by atoms with van der Waals surface area (Å²) in [5.41, 5.74) is 2.34. The molecule has 0 saturated heterocycles. The number of halogens is 2. The summed E-state index contributed by atoms with van der Waals surface area (Å²) in [5, 5.41) is 13.5. The molecule has 3 aromatic heterocycles. The standard InChI is InChI=1S/C25H25F2N7O2/c1-15-21(13-30-34(15)17-5-3-4-6-17)32-25(35)31-19-7-8-22(24(27)23(19)26)36-18-9-10-28-20(11-18)16-12-29-33(2)14-16/h7-14,17H,3-6H2,1-2H3,(H2,31,32,35). The molecule has 36 heavy (non-hydrogen) atoms. The van der Waals surface area contributed by atoms with Gasteiger partial charge in [-0.3, -0.25) is 14.3 Å². The van der Waals surface area contributed by atoms with E-state index in [9.17, 15) is 13.6 Å². The first-order valence-electron chi connectivity index (χ1n) is 11.6. The van der Waals surface area contributed by atoms with Gasteiger partial charge in [-0.25, -0.2) is 9.18 Å². The number of pyridine rings is 1. The molecule has 1 aromatic carbocycles. The van der Waals surface area contributed by atoms with Gasteiger partial charge in [0.1, 0.15) is 5.75 Å². The summed E-state index contributed by atoms with van der Waals surface area (Å²) < 4.78 is 38.6. The van der Waals surface area contributed by atoms with Gasteiger partial charge in [0.2, 0.25) is 5.82 Å². The van der Waals surface area contributed by atoms with E-state index in [1.54, 1.807) is 36.4 Å². The molecule has 9 nitrogen and oxygen atoms in total. The Morgan fingerprint density at radius 1 is 1.06 bits per heavy atom. The van der Waals surface area contributed by atoms with Gasteiger partial charge in [-0.1, -0.05) is 12.8 Å². The van der Waals surface area contributed by atoms with Gasteiger partial charge in [0.25, 0.3) is 0 Å². The predicted molar refractivity (Wildman–Crippen MR) is 130 cm³/mol. The zero-order valence-corrected chi connectivity index (χ0v) is 19.8. The fourth-order valence-electron chi connectivity index (χ4n) is 4.36. The van der Waals surface area contributed by atoms with Gasteiger partial charge in [-0.15, -0.1) is 0 Å². The minimum atomic E-state index is -1.23. The summed E-state index contributed by atoms with van der Waals surface area (Å²) in [4.78, 5) is 16.7. The first kappa shape index (κ1) is 23.5. The Kier molecular flexibility index (Phi) is 6.36. The van der Waals surface area contributed by atoms with Crippen LogP contribution in [0.5, 0.6) is 11.5 Å². The van der Waals surface area contributed by atoms with E-state index in [-0.39, 0.29) is 17.2 Å². The third-order valence-electron chi connectivity index (χ3n) is 6.22. The highest BCUT2D eigenvalue weighted by atomic mass is 19.2. The van der Waals surface area contributed by atoms with Gasteiger partial charge in [0.15, 0.2) is 11.6 Å². The molecule has 0 radical (unpaired) electrons. The number of carbonyl (C=O) groups is 1. The van der Waals surface area contributed by atoms with Crippen LogP contribution >= 0.6 is 0 Å². The molecule has 0 aliphatic heterocycles. The van der Waals surface area contributed by atoms with Crippen LogP contribution in [-0.2, 0) is 7.05 Å². The number of anilines is 2. The first-order valence-corrected chi connectivity index (χ1v) is 11.6. The van der Waals surface area contributed by atoms with Crippen LogP contribution in [0, 0.1) is 18.6 Å². The Labute approximate surface area is 206 Å². The molecule has 5 rings (SSSR count). The van der Waals surface area contributed by atoms with Crippen LogP contribution in [0.1, 0.15) is 37.4 Å². The number of urea groups is 1. The van der Waals surface area contributed by atoms with Crippen molar-refractivity contribution in [2.45, 2.75) is 38.6 Å². The van der Waals surface area contributed by atoms with Crippen LogP contribution in [0.3, 0.4) is 0 Å². The quantitative estimate of drug-likeness (QED) is 0.353. The Hall–Kier alpha value is -4.28. The van der Waals surface area contributed by atoms with Crippen molar-refractivity contribution in [1.29, 1.82) is 0 Å². The maximum atomic E-state index is 14.8. The zero-order chi connectivity index (χ0) is 25.2. The molecule has 4 aromatic rings. The molecule has 1 aliphatic rings. The van der Waals surface area contributed by atoms with Gasteiger partial charge in [-0.2, -0.15) is 14.6 Å². The monoisotopic (exact) mass is 493 g/mol. The van der Waals surface area contributed by atoms with Gasteiger partial charge in [0.05, 0.1) is 41.2 Å². The van der Waals surface area contributed by atoms with Crippen molar-refractivity contribution >= 4 is 17.4 Å². The molecule has 11 heteroatoms. The van der Waals surface area contributed by atoms with Crippen LogP contribution in [0.4, 0.5) is 25.0 Å². The molecule has 0 atom stereocenters. The smallest absolute Gasteiger partial charge is 0.323 e. The molecular weight excluding hydrogens is 468 g/mol. The SMILES string of the molecule is Cc1c(NC(=O)Nc2ccc(Oc3ccnc(-c4cnn(C)c4)c3)c(F)c2F)cnn1C1CCCC1. The van der Waals surface area contributed by atoms with Crippen molar-refractivity contribution in [3.8, 4) is 22.8 Å². The van der Waals surface area contributed by atoms with Crippen LogP contribution in [0.2, 0.25) is 0 Å². The highest BCUT2D eigenvalue weighted by Gasteiger charge is 2.22. The Bertz CT molecular complexity index is 1410. The number of amides is 2. The largest absolute Gasteiger partial charge is 0.454 e. The van der Waals surface area contributed by atoms with E-state index in [0.717, 1.165) is 36.9 Å². The number of benzene rings is 1. The third-order valence-corrected chi connectivity index (χ3v) is 6.22. The maximum absolute atomic E-state index is 14.8. The van der Waals surface area contributed by atoms with Crippen LogP contribution in [-0.4, -0.2) is 30.6 Å². The predicted octanol–water partition coefficient (Wildman–Crippen LogP) is 5.82. The Morgan fingerprint density at radius 2 is 1.83 bits per heavy atom. The van der Waals surface area contributed by atoms with Crippen LogP contribution in [0.15, 0.2) is 49.1 Å². The number of nitrogens with one attached hydrogen (secondary N) is 2. The summed E-state index contributed by atoms with van der Waals surface area (Å²) in [5.74, 6) is -2.51. The molecule has 1 fully saturated rings. The molecule has 2 N–H and O–H groups in total. The van der Waals surface area contributed by atoms with E-state index in [1.807, 2.05) is 11.6 Å². The minimum Gasteiger partial charge on any atom is -0.454 e. The average Bonchev–Trinajstić information content (AvgIpc) is 3.62. The zero-order valence-electron chi connectivity index (χ0n) is 19.8. The molecule has 1 saturated carbocycles. The minimum absolute atomic E-state index is 0.273. The molecule has 1 aliphatic carbocycles. The molecule has 0 bridgehead atoms. The van der Waals surface area contributed by atoms with Crippen molar-refractivity contribution in [2.75, 3.05) is 10.6 Å². The number of ether oxygens (including phenoxy) is 1. The summed E-state index contributed by atoms with van der Waals surface area (Å²) in [7, 11) is 1.78. The number of aromatic nitrogens is 5. The van der Waals surface area contributed by atoms with Gasteiger partial charge >= 0.3 is 6.03 Å². The van der Waals surface area contributed by atoms with E-state index >= 15 is 0 Å². The molecule has 186 valence electrons. The summed E-state index contributed by atoms with van der Waals surface area (Å²) in [6.45, 7) is 1.87. The molecule has 0 unspecified atom stereocenters. The van der Waals surface area contributed by atoms with E-state index in [4.69, 9.17) is 4.74 Å². The van der Waals surface area contributed by atoms with Crippen molar-refractivity contribution < 1.29 is 18.3 Å². The molecule has 2 amide bonds. The second kappa shape index (κ2) is 9.76. The molecule has 3 heterocycles. The summed E-state index contributed by atoms with van der Waals surface area (Å²) >= 11 is 0. The number of aryl methyl sites for hydroxylation is 1. The van der Waals surface area contributed by atoms with E-state index in [0.29, 0.717) is 17.4 Å². The highest BCUT2D eigenvalue weighted by molar-refractivity contribution is 6.00. The van der Waals surface area contributed by atoms with E-state index in [2.05, 4.69) is 25.8 Å². The Morgan fingerprint density at radius 3 is 2.58 bits per heavy atom. The summed E-state index contributed by atoms with van der Waals surface area (Å²) in [6.07, 6.45) is 10.9. The maximum Gasteiger partial charge on any atom is 0.323 e. The van der Waals surface area contributed by atoms with Gasteiger partial charge in [0, 0.05) is 31.1 Å². The molecular formula is C25H25F2N7O2. The number of hydrogen-bond acceptors (Lipinski definition) is 5. The lowest BCUT2D eigenvalue weighted by Crippen LogP contribution is -2.21. The summed E-state index contributed by atoms with van der Waals surface area (Å²) in [6, 6.07) is 5.25.